The van der Waals surface area contributed by atoms with Crippen LogP contribution >= 0.6 is 11.3 Å². The maximum Gasteiger partial charge on any atom is 0.297 e. The van der Waals surface area contributed by atoms with Gasteiger partial charge in [-0.2, -0.15) is 0 Å². The maximum atomic E-state index is 13.8. The predicted molar refractivity (Wildman–Crippen MR) is 112 cm³/mol. The Labute approximate surface area is 179 Å². The lowest BCUT2D eigenvalue weighted by Gasteiger charge is -2.23. The average Bonchev–Trinajstić information content (AvgIpc) is 3.37. The van der Waals surface area contributed by atoms with Crippen LogP contribution in [0, 0.1) is 5.82 Å². The number of carbonyl (C=O) groups is 1. The molecule has 7 nitrogen and oxygen atoms in total. The molecule has 0 saturated carbocycles. The van der Waals surface area contributed by atoms with Gasteiger partial charge in [0.2, 0.25) is 5.76 Å². The molecule has 0 fully saturated rings. The summed E-state index contributed by atoms with van der Waals surface area (Å²) in [4.78, 5) is 32.3. The molecule has 0 aliphatic carbocycles. The minimum Gasteiger partial charge on any atom is -0.504 e. The number of halogens is 1. The molecule has 31 heavy (non-hydrogen) atoms. The number of aromatic nitrogens is 1. The molecule has 2 aromatic carbocycles. The molecule has 0 saturated heterocycles. The van der Waals surface area contributed by atoms with Crippen LogP contribution in [0.1, 0.15) is 34.6 Å². The van der Waals surface area contributed by atoms with Crippen molar-refractivity contribution in [2.75, 3.05) is 11.5 Å². The van der Waals surface area contributed by atoms with Gasteiger partial charge in [-0.05, 0) is 42.8 Å². The molecule has 1 atom stereocenters. The number of nitrogens with zero attached hydrogens (tertiary/aromatic N) is 2. The summed E-state index contributed by atoms with van der Waals surface area (Å²) in [6.45, 7) is 2.09. The van der Waals surface area contributed by atoms with Crippen molar-refractivity contribution in [3.63, 3.8) is 0 Å². The number of hydrogen-bond acceptors (Lipinski definition) is 7. The quantitative estimate of drug-likeness (QED) is 0.512. The molecular formula is C22H15FN2O5S. The lowest BCUT2D eigenvalue weighted by atomic mass is 9.98. The number of thiazole rings is 1. The van der Waals surface area contributed by atoms with Crippen molar-refractivity contribution < 1.29 is 23.4 Å². The van der Waals surface area contributed by atoms with Gasteiger partial charge in [-0.25, -0.2) is 9.37 Å². The van der Waals surface area contributed by atoms with Crippen molar-refractivity contribution >= 4 is 33.3 Å². The third kappa shape index (κ3) is 2.97. The number of benzene rings is 2. The van der Waals surface area contributed by atoms with Crippen LogP contribution in [0.2, 0.25) is 0 Å². The number of phenols is 1. The molecule has 1 aliphatic rings. The molecule has 3 heterocycles. The van der Waals surface area contributed by atoms with Crippen molar-refractivity contribution in [2.24, 2.45) is 0 Å². The topological polar surface area (TPSA) is 92.9 Å². The average molecular weight is 438 g/mol. The van der Waals surface area contributed by atoms with Gasteiger partial charge >= 0.3 is 0 Å². The fraction of sp³-hybridized carbons (Fsp3) is 0.136. The van der Waals surface area contributed by atoms with Crippen molar-refractivity contribution in [2.45, 2.75) is 13.0 Å². The molecule has 0 bridgehead atoms. The largest absolute Gasteiger partial charge is 0.504 e. The Bertz CT molecular complexity index is 1380. The highest BCUT2D eigenvalue weighted by molar-refractivity contribution is 7.13. The van der Waals surface area contributed by atoms with Gasteiger partial charge in [-0.3, -0.25) is 14.5 Å². The molecule has 0 radical (unpaired) electrons. The third-order valence-electron chi connectivity index (χ3n) is 5.06. The van der Waals surface area contributed by atoms with Crippen LogP contribution < -0.4 is 15.1 Å². The SMILES string of the molecule is CCOc1cc(C2c3c(oc4ccc(F)cc4c3=O)C(=O)N2c2nccs2)ccc1O. The van der Waals surface area contributed by atoms with Gasteiger partial charge in [0.05, 0.1) is 23.6 Å². The second-order valence-corrected chi connectivity index (χ2v) is 7.74. The second kappa shape index (κ2) is 7.21. The van der Waals surface area contributed by atoms with E-state index in [1.165, 1.54) is 34.4 Å². The molecule has 2 aromatic heterocycles. The van der Waals surface area contributed by atoms with E-state index in [1.807, 2.05) is 0 Å². The zero-order valence-electron chi connectivity index (χ0n) is 16.2. The fourth-order valence-corrected chi connectivity index (χ4v) is 4.43. The van der Waals surface area contributed by atoms with E-state index in [4.69, 9.17) is 9.15 Å². The number of aromatic hydroxyl groups is 1. The van der Waals surface area contributed by atoms with Gasteiger partial charge in [0.1, 0.15) is 11.4 Å². The molecular weight excluding hydrogens is 423 g/mol. The first-order valence-corrected chi connectivity index (χ1v) is 10.3. The van der Waals surface area contributed by atoms with Crippen molar-refractivity contribution in [3.8, 4) is 11.5 Å². The molecule has 1 amide bonds. The summed E-state index contributed by atoms with van der Waals surface area (Å²) in [5.41, 5.74) is 0.233. The standard InChI is InChI=1S/C22H15FN2O5S/c1-2-29-16-9-11(3-5-14(16)26)18-17-19(27)13-10-12(23)4-6-15(13)30-20(17)21(28)25(18)22-24-7-8-31-22/h3-10,18,26H,2H2,1H3. The first-order chi connectivity index (χ1) is 15.0. The first-order valence-electron chi connectivity index (χ1n) is 9.44. The maximum absolute atomic E-state index is 13.8. The van der Waals surface area contributed by atoms with Gasteiger partial charge < -0.3 is 14.3 Å². The van der Waals surface area contributed by atoms with Gasteiger partial charge in [0.15, 0.2) is 22.1 Å². The lowest BCUT2D eigenvalue weighted by molar-refractivity contribution is 0.0971. The number of hydrogen-bond donors (Lipinski definition) is 1. The first kappa shape index (κ1) is 19.3. The van der Waals surface area contributed by atoms with E-state index in [0.29, 0.717) is 17.3 Å². The highest BCUT2D eigenvalue weighted by Crippen LogP contribution is 2.43. The van der Waals surface area contributed by atoms with Gasteiger partial charge in [-0.1, -0.05) is 6.07 Å². The zero-order valence-corrected chi connectivity index (χ0v) is 17.0. The Balaban J connectivity index is 1.80. The van der Waals surface area contributed by atoms with Crippen molar-refractivity contribution in [1.82, 2.24) is 4.98 Å². The van der Waals surface area contributed by atoms with Crippen molar-refractivity contribution in [3.05, 3.63) is 80.9 Å². The Hall–Kier alpha value is -3.72. The Kier molecular flexibility index (Phi) is 4.48. The molecule has 1 unspecified atom stereocenters. The molecule has 1 N–H and O–H groups in total. The number of rotatable bonds is 4. The van der Waals surface area contributed by atoms with E-state index in [0.717, 1.165) is 6.07 Å². The van der Waals surface area contributed by atoms with Crippen LogP contribution in [0.3, 0.4) is 0 Å². The number of amides is 1. The Morgan fingerprint density at radius 3 is 2.84 bits per heavy atom. The van der Waals surface area contributed by atoms with Crippen LogP contribution in [0.5, 0.6) is 11.5 Å². The fourth-order valence-electron chi connectivity index (χ4n) is 3.76. The Morgan fingerprint density at radius 2 is 2.10 bits per heavy atom. The second-order valence-electron chi connectivity index (χ2n) is 6.87. The lowest BCUT2D eigenvalue weighted by Crippen LogP contribution is -2.29. The normalized spacial score (nSPS) is 15.5. The number of fused-ring (bicyclic) bond motifs is 2. The molecule has 156 valence electrons. The summed E-state index contributed by atoms with van der Waals surface area (Å²) in [5.74, 6) is -1.07. The summed E-state index contributed by atoms with van der Waals surface area (Å²) < 4.78 is 25.1. The number of carbonyl (C=O) groups excluding carboxylic acids is 1. The summed E-state index contributed by atoms with van der Waals surface area (Å²) in [7, 11) is 0. The van der Waals surface area contributed by atoms with E-state index in [-0.39, 0.29) is 33.8 Å². The van der Waals surface area contributed by atoms with Gasteiger partial charge in [0.25, 0.3) is 5.91 Å². The van der Waals surface area contributed by atoms with Gasteiger partial charge in [-0.15, -0.1) is 11.3 Å². The van der Waals surface area contributed by atoms with Crippen molar-refractivity contribution in [1.29, 1.82) is 0 Å². The summed E-state index contributed by atoms with van der Waals surface area (Å²) in [5, 5.41) is 12.2. The summed E-state index contributed by atoms with van der Waals surface area (Å²) >= 11 is 1.23. The molecule has 5 rings (SSSR count). The van der Waals surface area contributed by atoms with E-state index in [2.05, 4.69) is 4.98 Å². The molecule has 4 aromatic rings. The van der Waals surface area contributed by atoms with Crippen LogP contribution in [-0.4, -0.2) is 22.6 Å². The van der Waals surface area contributed by atoms with Crippen LogP contribution in [0.25, 0.3) is 11.0 Å². The minimum absolute atomic E-state index is 0.0429. The highest BCUT2D eigenvalue weighted by atomic mass is 32.1. The predicted octanol–water partition coefficient (Wildman–Crippen LogP) is 4.24. The number of anilines is 1. The van der Waals surface area contributed by atoms with E-state index < -0.39 is 23.2 Å². The van der Waals surface area contributed by atoms with E-state index in [1.54, 1.807) is 30.6 Å². The molecule has 0 spiro atoms. The number of ether oxygens (including phenoxy) is 1. The molecule has 1 aliphatic heterocycles. The third-order valence-corrected chi connectivity index (χ3v) is 5.83. The summed E-state index contributed by atoms with van der Waals surface area (Å²) in [6.07, 6.45) is 1.55. The smallest absolute Gasteiger partial charge is 0.297 e. The highest BCUT2D eigenvalue weighted by Gasteiger charge is 2.45. The zero-order chi connectivity index (χ0) is 21.7. The Morgan fingerprint density at radius 1 is 1.26 bits per heavy atom. The molecule has 9 heteroatoms. The minimum atomic E-state index is -0.877. The summed E-state index contributed by atoms with van der Waals surface area (Å²) in [6, 6.07) is 7.32. The van der Waals surface area contributed by atoms with Gasteiger partial charge in [0, 0.05) is 11.6 Å². The monoisotopic (exact) mass is 438 g/mol. The van der Waals surface area contributed by atoms with E-state index in [9.17, 15) is 19.1 Å². The van der Waals surface area contributed by atoms with Crippen LogP contribution in [0.15, 0.2) is 57.2 Å². The number of phenolic OH excluding ortho intramolecular Hbond substituents is 1. The van der Waals surface area contributed by atoms with Crippen LogP contribution in [0.4, 0.5) is 9.52 Å². The van der Waals surface area contributed by atoms with E-state index >= 15 is 0 Å². The van der Waals surface area contributed by atoms with Crippen LogP contribution in [-0.2, 0) is 0 Å².